The van der Waals surface area contributed by atoms with Gasteiger partial charge < -0.3 is 9.47 Å². The molecule has 6 heteroatoms. The van der Waals surface area contributed by atoms with Crippen molar-refractivity contribution in [2.24, 2.45) is 5.92 Å². The molecule has 0 aromatic carbocycles. The fraction of sp³-hybridized carbons (Fsp3) is 0.917. The van der Waals surface area contributed by atoms with Crippen molar-refractivity contribution in [1.29, 1.82) is 0 Å². The van der Waals surface area contributed by atoms with Crippen LogP contribution in [-0.2, 0) is 14.3 Å². The summed E-state index contributed by atoms with van der Waals surface area (Å²) in [6, 6.07) is 0. The minimum absolute atomic E-state index is 0.338. The molecule has 1 saturated heterocycles. The van der Waals surface area contributed by atoms with Crippen LogP contribution in [0.4, 0.5) is 13.2 Å². The summed E-state index contributed by atoms with van der Waals surface area (Å²) in [6.45, 7) is 5.35. The van der Waals surface area contributed by atoms with Crippen molar-refractivity contribution in [1.82, 2.24) is 0 Å². The molecule has 1 unspecified atom stereocenters. The predicted molar refractivity (Wildman–Crippen MR) is 59.2 cm³/mol. The Kier molecular flexibility index (Phi) is 4.13. The van der Waals surface area contributed by atoms with Gasteiger partial charge in [-0.3, -0.25) is 4.79 Å². The number of carbonyl (C=O) groups is 1. The molecule has 1 fully saturated rings. The fourth-order valence-corrected chi connectivity index (χ4v) is 2.43. The normalized spacial score (nSPS) is 26.3. The Bertz CT molecular complexity index is 321. The molecule has 1 aliphatic heterocycles. The molecule has 18 heavy (non-hydrogen) atoms. The van der Waals surface area contributed by atoms with Gasteiger partial charge in [0.15, 0.2) is 5.78 Å². The molecule has 1 atom stereocenters. The highest BCUT2D eigenvalue weighted by molar-refractivity contribution is 5.83. The Balaban J connectivity index is 2.52. The molecular weight excluding hydrogens is 249 g/mol. The van der Waals surface area contributed by atoms with Crippen LogP contribution in [0, 0.1) is 5.92 Å². The predicted octanol–water partition coefficient (Wildman–Crippen LogP) is 2.73. The van der Waals surface area contributed by atoms with E-state index in [0.717, 1.165) is 0 Å². The summed E-state index contributed by atoms with van der Waals surface area (Å²) in [4.78, 5) is 11.9. The second kappa shape index (κ2) is 4.81. The second-order valence-electron chi connectivity index (χ2n) is 5.80. The molecule has 0 aliphatic carbocycles. The van der Waals surface area contributed by atoms with Crippen LogP contribution in [0.5, 0.6) is 0 Å². The lowest BCUT2D eigenvalue weighted by atomic mass is 9.84. The van der Waals surface area contributed by atoms with Gasteiger partial charge in [0.05, 0.1) is 17.1 Å². The van der Waals surface area contributed by atoms with Gasteiger partial charge in [0.2, 0.25) is 0 Å². The first-order chi connectivity index (χ1) is 7.93. The highest BCUT2D eigenvalue weighted by Gasteiger charge is 2.49. The zero-order valence-electron chi connectivity index (χ0n) is 11.1. The Labute approximate surface area is 105 Å². The minimum Gasteiger partial charge on any atom is -0.369 e. The van der Waals surface area contributed by atoms with Gasteiger partial charge >= 0.3 is 6.18 Å². The number of ether oxygens (including phenoxy) is 2. The first-order valence-corrected chi connectivity index (χ1v) is 5.80. The average molecular weight is 268 g/mol. The van der Waals surface area contributed by atoms with Crippen LogP contribution in [-0.4, -0.2) is 36.4 Å². The van der Waals surface area contributed by atoms with E-state index >= 15 is 0 Å². The lowest BCUT2D eigenvalue weighted by Crippen LogP contribution is -2.36. The molecule has 1 aliphatic rings. The lowest BCUT2D eigenvalue weighted by molar-refractivity contribution is -0.176. The van der Waals surface area contributed by atoms with Gasteiger partial charge in [-0.1, -0.05) is 0 Å². The summed E-state index contributed by atoms with van der Waals surface area (Å²) < 4.78 is 45.8. The summed E-state index contributed by atoms with van der Waals surface area (Å²) >= 11 is 0. The summed E-state index contributed by atoms with van der Waals surface area (Å²) in [5, 5.41) is 0. The Morgan fingerprint density at radius 3 is 2.28 bits per heavy atom. The molecule has 0 bridgehead atoms. The third-order valence-corrected chi connectivity index (χ3v) is 2.97. The van der Waals surface area contributed by atoms with Crippen LogP contribution in [0.2, 0.25) is 0 Å². The third kappa shape index (κ3) is 4.24. The van der Waals surface area contributed by atoms with Crippen molar-refractivity contribution in [3.8, 4) is 0 Å². The molecular formula is C12H19F3O3. The van der Waals surface area contributed by atoms with E-state index in [1.54, 1.807) is 13.8 Å². The molecule has 0 amide bonds. The van der Waals surface area contributed by atoms with Crippen molar-refractivity contribution in [2.45, 2.75) is 51.5 Å². The Hall–Kier alpha value is -0.620. The molecule has 106 valence electrons. The summed E-state index contributed by atoms with van der Waals surface area (Å²) in [5.74, 6) is -0.768. The van der Waals surface area contributed by atoms with E-state index < -0.39 is 36.5 Å². The van der Waals surface area contributed by atoms with Gasteiger partial charge in [0.1, 0.15) is 13.2 Å². The van der Waals surface area contributed by atoms with Crippen LogP contribution in [0.25, 0.3) is 0 Å². The van der Waals surface area contributed by atoms with E-state index in [1.807, 2.05) is 13.8 Å². The van der Waals surface area contributed by atoms with Crippen LogP contribution < -0.4 is 0 Å². The van der Waals surface area contributed by atoms with Gasteiger partial charge in [0, 0.05) is 0 Å². The van der Waals surface area contributed by atoms with E-state index in [1.165, 1.54) is 0 Å². The number of halogens is 3. The number of alkyl halides is 3. The molecule has 0 spiro atoms. The van der Waals surface area contributed by atoms with Gasteiger partial charge in [-0.15, -0.1) is 0 Å². The van der Waals surface area contributed by atoms with Gasteiger partial charge in [0.25, 0.3) is 0 Å². The number of ketones is 1. The zero-order chi connectivity index (χ0) is 14.2. The topological polar surface area (TPSA) is 35.5 Å². The maximum Gasteiger partial charge on any atom is 0.411 e. The smallest absolute Gasteiger partial charge is 0.369 e. The third-order valence-electron chi connectivity index (χ3n) is 2.97. The summed E-state index contributed by atoms with van der Waals surface area (Å²) in [7, 11) is 0. The fourth-order valence-electron chi connectivity index (χ4n) is 2.43. The number of carbonyl (C=O) groups excluding carboxylic acids is 1. The summed E-state index contributed by atoms with van der Waals surface area (Å²) in [6.07, 6.45) is -3.91. The van der Waals surface area contributed by atoms with Crippen LogP contribution in [0.15, 0.2) is 0 Å². The number of Topliss-reactive ketones (excluding diaryl/α,β-unsaturated/α-hetero) is 1. The summed E-state index contributed by atoms with van der Waals surface area (Å²) in [5.41, 5.74) is -1.10. The van der Waals surface area contributed by atoms with Gasteiger partial charge in [-0.05, 0) is 34.1 Å². The average Bonchev–Trinajstić information content (AvgIpc) is 2.31. The highest BCUT2D eigenvalue weighted by Crippen LogP contribution is 2.42. The maximum absolute atomic E-state index is 11.9. The number of hydrogen-bond acceptors (Lipinski definition) is 3. The van der Waals surface area contributed by atoms with Gasteiger partial charge in [-0.25, -0.2) is 0 Å². The van der Waals surface area contributed by atoms with Crippen molar-refractivity contribution in [2.75, 3.05) is 13.2 Å². The number of rotatable bonds is 4. The van der Waals surface area contributed by atoms with Crippen molar-refractivity contribution >= 4 is 5.78 Å². The molecule has 0 saturated carbocycles. The van der Waals surface area contributed by atoms with Crippen molar-refractivity contribution in [3.63, 3.8) is 0 Å². The maximum atomic E-state index is 11.9. The van der Waals surface area contributed by atoms with E-state index in [-0.39, 0.29) is 5.78 Å². The van der Waals surface area contributed by atoms with Crippen LogP contribution >= 0.6 is 0 Å². The quantitative estimate of drug-likeness (QED) is 0.786. The van der Waals surface area contributed by atoms with E-state index in [0.29, 0.717) is 6.42 Å². The van der Waals surface area contributed by atoms with Crippen LogP contribution in [0.3, 0.4) is 0 Å². The Morgan fingerprint density at radius 2 is 1.89 bits per heavy atom. The molecule has 1 rings (SSSR count). The van der Waals surface area contributed by atoms with E-state index in [2.05, 4.69) is 4.74 Å². The van der Waals surface area contributed by atoms with E-state index in [4.69, 9.17) is 4.74 Å². The van der Waals surface area contributed by atoms with E-state index in [9.17, 15) is 18.0 Å². The number of hydrogen-bond donors (Lipinski definition) is 0. The molecule has 1 heterocycles. The minimum atomic E-state index is -4.40. The molecule has 0 aromatic rings. The SMILES string of the molecule is CC1(C)CC(C(=O)COCC(F)(F)F)C(C)(C)O1. The first-order valence-electron chi connectivity index (χ1n) is 5.80. The second-order valence-corrected chi connectivity index (χ2v) is 5.80. The van der Waals surface area contributed by atoms with Crippen LogP contribution in [0.1, 0.15) is 34.1 Å². The standard InChI is InChI=1S/C12H19F3O3/c1-10(2)5-8(11(3,4)18-10)9(16)6-17-7-12(13,14)15/h8H,5-7H2,1-4H3. The first kappa shape index (κ1) is 15.4. The van der Waals surface area contributed by atoms with Crippen molar-refractivity contribution < 1.29 is 27.4 Å². The van der Waals surface area contributed by atoms with Gasteiger partial charge in [-0.2, -0.15) is 13.2 Å². The Morgan fingerprint density at radius 1 is 1.33 bits per heavy atom. The molecule has 3 nitrogen and oxygen atoms in total. The van der Waals surface area contributed by atoms with Crippen molar-refractivity contribution in [3.05, 3.63) is 0 Å². The molecule has 0 N–H and O–H groups in total. The highest BCUT2D eigenvalue weighted by atomic mass is 19.4. The largest absolute Gasteiger partial charge is 0.411 e. The zero-order valence-corrected chi connectivity index (χ0v) is 11.1. The molecule has 0 aromatic heterocycles. The molecule has 0 radical (unpaired) electrons. The monoisotopic (exact) mass is 268 g/mol. The lowest BCUT2D eigenvalue weighted by Gasteiger charge is -2.26.